The van der Waals surface area contributed by atoms with Crippen LogP contribution in [0.5, 0.6) is 5.75 Å². The first kappa shape index (κ1) is 10.4. The number of rotatable bonds is 2. The zero-order valence-corrected chi connectivity index (χ0v) is 10.0. The number of hydrogen-bond acceptors (Lipinski definition) is 2. The Balaban J connectivity index is 2.89. The van der Waals surface area contributed by atoms with Crippen molar-refractivity contribution >= 4 is 26.8 Å². The third-order valence-corrected chi connectivity index (χ3v) is 2.87. The van der Waals surface area contributed by atoms with E-state index in [0.717, 1.165) is 0 Å². The number of aromatic nitrogens is 2. The first-order valence-corrected chi connectivity index (χ1v) is 5.35. The summed E-state index contributed by atoms with van der Waals surface area (Å²) in [6.45, 7) is 2.63. The summed E-state index contributed by atoms with van der Waals surface area (Å²) in [6.07, 6.45) is 1.52. The van der Waals surface area contributed by atoms with Crippen molar-refractivity contribution in [2.24, 2.45) is 0 Å². The quantitative estimate of drug-likeness (QED) is 0.841. The van der Waals surface area contributed by atoms with Crippen LogP contribution in [0, 0.1) is 5.82 Å². The molecule has 3 nitrogen and oxygen atoms in total. The highest BCUT2D eigenvalue weighted by molar-refractivity contribution is 9.10. The van der Waals surface area contributed by atoms with Gasteiger partial charge in [0.2, 0.25) is 0 Å². The lowest BCUT2D eigenvalue weighted by molar-refractivity contribution is 0.413. The highest BCUT2D eigenvalue weighted by atomic mass is 79.9. The van der Waals surface area contributed by atoms with Gasteiger partial charge in [0.25, 0.3) is 0 Å². The van der Waals surface area contributed by atoms with Crippen LogP contribution in [0.15, 0.2) is 16.7 Å². The third kappa shape index (κ3) is 1.51. The van der Waals surface area contributed by atoms with Gasteiger partial charge in [0.05, 0.1) is 23.2 Å². The Hall–Kier alpha value is -1.10. The third-order valence-electron chi connectivity index (χ3n) is 2.29. The van der Waals surface area contributed by atoms with Gasteiger partial charge >= 0.3 is 0 Å². The molecule has 0 unspecified atom stereocenters. The van der Waals surface area contributed by atoms with Crippen LogP contribution in [0.2, 0.25) is 0 Å². The minimum absolute atomic E-state index is 0.294. The lowest BCUT2D eigenvalue weighted by Gasteiger charge is -2.07. The second-order valence-electron chi connectivity index (χ2n) is 3.10. The van der Waals surface area contributed by atoms with E-state index in [1.165, 1.54) is 12.3 Å². The van der Waals surface area contributed by atoms with Gasteiger partial charge in [0.1, 0.15) is 11.3 Å². The minimum atomic E-state index is -0.294. The fraction of sp³-hybridized carbons (Fsp3) is 0.300. The van der Waals surface area contributed by atoms with E-state index in [9.17, 15) is 4.39 Å². The van der Waals surface area contributed by atoms with E-state index in [2.05, 4.69) is 21.0 Å². The Morgan fingerprint density at radius 2 is 2.33 bits per heavy atom. The molecule has 0 amide bonds. The molecule has 5 heteroatoms. The number of fused-ring (bicyclic) bond motifs is 1. The van der Waals surface area contributed by atoms with Crippen molar-refractivity contribution in [1.29, 1.82) is 0 Å². The molecule has 0 saturated heterocycles. The van der Waals surface area contributed by atoms with Gasteiger partial charge in [-0.15, -0.1) is 0 Å². The molecule has 0 bridgehead atoms. The van der Waals surface area contributed by atoms with E-state index in [4.69, 9.17) is 4.74 Å². The van der Waals surface area contributed by atoms with Gasteiger partial charge in [-0.2, -0.15) is 5.10 Å². The Kier molecular flexibility index (Phi) is 2.65. The van der Waals surface area contributed by atoms with Gasteiger partial charge < -0.3 is 4.74 Å². The summed E-state index contributed by atoms with van der Waals surface area (Å²) in [5, 5.41) is 4.58. The molecular weight excluding hydrogens is 263 g/mol. The molecule has 1 aromatic carbocycles. The van der Waals surface area contributed by atoms with E-state index < -0.39 is 0 Å². The van der Waals surface area contributed by atoms with Crippen molar-refractivity contribution in [3.63, 3.8) is 0 Å². The molecule has 0 saturated carbocycles. The van der Waals surface area contributed by atoms with Crippen LogP contribution in [0.1, 0.15) is 6.92 Å². The number of hydrogen-bond donors (Lipinski definition) is 0. The second kappa shape index (κ2) is 3.81. The van der Waals surface area contributed by atoms with Crippen LogP contribution in [0.3, 0.4) is 0 Å². The van der Waals surface area contributed by atoms with E-state index in [1.54, 1.807) is 11.8 Å². The molecule has 1 heterocycles. The SMILES string of the molecule is CCn1ncc2c(F)cc(Br)c(OC)c21. The molecule has 2 rings (SSSR count). The molecule has 0 spiro atoms. The molecule has 0 fully saturated rings. The number of ether oxygens (including phenoxy) is 1. The van der Waals surface area contributed by atoms with E-state index in [1.807, 2.05) is 6.92 Å². The van der Waals surface area contributed by atoms with Crippen LogP contribution >= 0.6 is 15.9 Å². The van der Waals surface area contributed by atoms with E-state index in [-0.39, 0.29) is 5.82 Å². The predicted octanol–water partition coefficient (Wildman–Crippen LogP) is 2.97. The molecule has 0 atom stereocenters. The standard InChI is InChI=1S/C10H10BrFN2O/c1-3-14-9-6(5-13-14)8(12)4-7(11)10(9)15-2/h4-5H,3H2,1-2H3. The van der Waals surface area contributed by atoms with E-state index >= 15 is 0 Å². The van der Waals surface area contributed by atoms with Crippen molar-refractivity contribution < 1.29 is 9.13 Å². The maximum atomic E-state index is 13.6. The number of halogens is 2. The fourth-order valence-electron chi connectivity index (χ4n) is 1.60. The van der Waals surface area contributed by atoms with Crippen LogP contribution < -0.4 is 4.74 Å². The summed E-state index contributed by atoms with van der Waals surface area (Å²) in [4.78, 5) is 0. The van der Waals surface area contributed by atoms with Gasteiger partial charge in [-0.1, -0.05) is 0 Å². The average molecular weight is 273 g/mol. The first-order chi connectivity index (χ1) is 7.19. The van der Waals surface area contributed by atoms with Gasteiger partial charge in [-0.3, -0.25) is 4.68 Å². The lowest BCUT2D eigenvalue weighted by Crippen LogP contribution is -1.98. The number of nitrogens with zero attached hydrogens (tertiary/aromatic N) is 2. The maximum absolute atomic E-state index is 13.6. The predicted molar refractivity (Wildman–Crippen MR) is 59.6 cm³/mol. The molecule has 0 aliphatic rings. The Labute approximate surface area is 95.0 Å². The Bertz CT molecular complexity index is 510. The largest absolute Gasteiger partial charge is 0.493 e. The Morgan fingerprint density at radius 3 is 2.93 bits per heavy atom. The fourth-order valence-corrected chi connectivity index (χ4v) is 2.15. The van der Waals surface area contributed by atoms with Gasteiger partial charge in [0.15, 0.2) is 5.75 Å². The maximum Gasteiger partial charge on any atom is 0.159 e. The molecule has 2 aromatic rings. The summed E-state index contributed by atoms with van der Waals surface area (Å²) in [7, 11) is 1.56. The average Bonchev–Trinajstić information content (AvgIpc) is 2.62. The highest BCUT2D eigenvalue weighted by Crippen LogP contribution is 2.35. The normalized spacial score (nSPS) is 10.9. The summed E-state index contributed by atoms with van der Waals surface area (Å²) in [5.41, 5.74) is 0.687. The zero-order valence-electron chi connectivity index (χ0n) is 8.42. The molecule has 0 N–H and O–H groups in total. The molecule has 0 aliphatic carbocycles. The number of benzene rings is 1. The topological polar surface area (TPSA) is 27.1 Å². The van der Waals surface area contributed by atoms with Gasteiger partial charge in [-0.05, 0) is 28.9 Å². The number of aryl methyl sites for hydroxylation is 1. The van der Waals surface area contributed by atoms with Crippen LogP contribution in [0.25, 0.3) is 10.9 Å². The van der Waals surface area contributed by atoms with Crippen molar-refractivity contribution in [2.45, 2.75) is 13.5 Å². The monoisotopic (exact) mass is 272 g/mol. The lowest BCUT2D eigenvalue weighted by atomic mass is 10.2. The molecule has 0 radical (unpaired) electrons. The summed E-state index contributed by atoms with van der Waals surface area (Å²) >= 11 is 3.27. The molecule has 80 valence electrons. The van der Waals surface area contributed by atoms with Crippen LogP contribution in [-0.4, -0.2) is 16.9 Å². The second-order valence-corrected chi connectivity index (χ2v) is 3.95. The number of methoxy groups -OCH3 is 1. The first-order valence-electron chi connectivity index (χ1n) is 4.56. The van der Waals surface area contributed by atoms with Crippen molar-refractivity contribution in [1.82, 2.24) is 9.78 Å². The van der Waals surface area contributed by atoms with Crippen molar-refractivity contribution in [3.8, 4) is 5.75 Å². The Morgan fingerprint density at radius 1 is 1.60 bits per heavy atom. The highest BCUT2D eigenvalue weighted by Gasteiger charge is 2.15. The molecular formula is C10H10BrFN2O. The summed E-state index contributed by atoms with van der Waals surface area (Å²) in [6, 6.07) is 1.39. The zero-order chi connectivity index (χ0) is 11.0. The summed E-state index contributed by atoms with van der Waals surface area (Å²) < 4.78 is 21.1. The van der Waals surface area contributed by atoms with Crippen molar-refractivity contribution in [3.05, 3.63) is 22.6 Å². The molecule has 15 heavy (non-hydrogen) atoms. The minimum Gasteiger partial charge on any atom is -0.493 e. The van der Waals surface area contributed by atoms with Crippen molar-refractivity contribution in [2.75, 3.05) is 7.11 Å². The van der Waals surface area contributed by atoms with Gasteiger partial charge in [0, 0.05) is 6.54 Å². The van der Waals surface area contributed by atoms with Crippen LogP contribution in [0.4, 0.5) is 4.39 Å². The molecule has 0 aliphatic heterocycles. The van der Waals surface area contributed by atoms with E-state index in [0.29, 0.717) is 27.7 Å². The smallest absolute Gasteiger partial charge is 0.159 e. The summed E-state index contributed by atoms with van der Waals surface area (Å²) in [5.74, 6) is 0.322. The molecule has 1 aromatic heterocycles. The van der Waals surface area contributed by atoms with Gasteiger partial charge in [-0.25, -0.2) is 4.39 Å². The van der Waals surface area contributed by atoms with Crippen LogP contribution in [-0.2, 0) is 6.54 Å².